The second-order valence-electron chi connectivity index (χ2n) is 7.07. The summed E-state index contributed by atoms with van der Waals surface area (Å²) in [4.78, 5) is 24.9. The fourth-order valence-corrected chi connectivity index (χ4v) is 3.26. The van der Waals surface area contributed by atoms with Crippen molar-refractivity contribution in [1.29, 1.82) is 0 Å². The molecule has 1 amide bonds. The van der Waals surface area contributed by atoms with Gasteiger partial charge in [-0.25, -0.2) is 0 Å². The second kappa shape index (κ2) is 8.70. The fraction of sp³-hybridized carbons (Fsp3) is 0.429. The zero-order valence-electron chi connectivity index (χ0n) is 15.5. The molecule has 1 fully saturated rings. The quantitative estimate of drug-likeness (QED) is 0.302. The summed E-state index contributed by atoms with van der Waals surface area (Å²) in [6.45, 7) is 5.88. The minimum absolute atomic E-state index is 0.112. The number of ketones is 1. The van der Waals surface area contributed by atoms with Crippen LogP contribution in [0.2, 0.25) is 0 Å². The Morgan fingerprint density at radius 2 is 1.88 bits per heavy atom. The summed E-state index contributed by atoms with van der Waals surface area (Å²) in [5.74, 6) is -0.760. The van der Waals surface area contributed by atoms with Crippen LogP contribution in [0, 0.1) is 11.8 Å². The van der Waals surface area contributed by atoms with Gasteiger partial charge in [-0.2, -0.15) is 0 Å². The van der Waals surface area contributed by atoms with Gasteiger partial charge in [0.15, 0.2) is 5.78 Å². The normalized spacial score (nSPS) is 21.7. The van der Waals surface area contributed by atoms with Crippen molar-refractivity contribution < 1.29 is 19.8 Å². The Morgan fingerprint density at radius 1 is 1.23 bits per heavy atom. The Hall–Kier alpha value is -2.56. The van der Waals surface area contributed by atoms with Crippen molar-refractivity contribution in [3.8, 4) is 5.75 Å². The van der Waals surface area contributed by atoms with E-state index in [0.717, 1.165) is 12.0 Å². The summed E-state index contributed by atoms with van der Waals surface area (Å²) in [5, 5.41) is 22.5. The maximum atomic E-state index is 12.6. The van der Waals surface area contributed by atoms with Crippen LogP contribution in [0.1, 0.15) is 39.2 Å². The summed E-state index contributed by atoms with van der Waals surface area (Å²) in [5.41, 5.74) is 0.717. The van der Waals surface area contributed by atoms with Gasteiger partial charge in [0, 0.05) is 12.3 Å². The average Bonchev–Trinajstić information content (AvgIpc) is 2.88. The Labute approximate surface area is 154 Å². The highest BCUT2D eigenvalue weighted by molar-refractivity contribution is 6.26. The first-order valence-corrected chi connectivity index (χ1v) is 9.00. The standard InChI is InChI=1S/C21H27NO4/c1-4-5-6-13(2)11-14(3)19(24)18-20(25)17(22-21(18)26)12-15-7-9-16(23)10-8-15/h4-5,7-10,13-14,17,23-24H,6,11-12H2,1-3H3,(H,22,26)/b5-4+,19-18+/t13-,14-,17-/m0/s1. The third kappa shape index (κ3) is 4.75. The summed E-state index contributed by atoms with van der Waals surface area (Å²) in [6, 6.07) is 5.82. The average molecular weight is 357 g/mol. The molecule has 0 spiro atoms. The van der Waals surface area contributed by atoms with Gasteiger partial charge < -0.3 is 15.5 Å². The topological polar surface area (TPSA) is 86.6 Å². The van der Waals surface area contributed by atoms with Gasteiger partial charge in [-0.3, -0.25) is 9.59 Å². The molecule has 26 heavy (non-hydrogen) atoms. The maximum Gasteiger partial charge on any atom is 0.259 e. The number of phenols is 1. The summed E-state index contributed by atoms with van der Waals surface area (Å²) in [6.07, 6.45) is 5.98. The number of hydrogen-bond acceptors (Lipinski definition) is 4. The lowest BCUT2D eigenvalue weighted by molar-refractivity contribution is -0.117. The molecule has 0 unspecified atom stereocenters. The molecule has 0 aliphatic carbocycles. The van der Waals surface area contributed by atoms with Crippen LogP contribution in [0.5, 0.6) is 5.75 Å². The first-order chi connectivity index (χ1) is 12.3. The van der Waals surface area contributed by atoms with Crippen LogP contribution < -0.4 is 5.32 Å². The molecule has 0 aromatic heterocycles. The van der Waals surface area contributed by atoms with Crippen molar-refractivity contribution in [2.75, 3.05) is 0 Å². The number of aliphatic hydroxyl groups excluding tert-OH is 1. The highest BCUT2D eigenvalue weighted by atomic mass is 16.3. The van der Waals surface area contributed by atoms with E-state index in [4.69, 9.17) is 0 Å². The van der Waals surface area contributed by atoms with Gasteiger partial charge in [0.1, 0.15) is 17.1 Å². The lowest BCUT2D eigenvalue weighted by Crippen LogP contribution is -2.31. The molecule has 1 aromatic rings. The number of phenolic OH excluding ortho intramolecular Hbond substituents is 1. The third-order valence-corrected chi connectivity index (χ3v) is 4.72. The number of carbonyl (C=O) groups excluding carboxylic acids is 2. The Kier molecular flexibility index (Phi) is 6.61. The van der Waals surface area contributed by atoms with Crippen molar-refractivity contribution in [3.05, 3.63) is 53.3 Å². The van der Waals surface area contributed by atoms with Gasteiger partial charge in [-0.05, 0) is 43.4 Å². The van der Waals surface area contributed by atoms with Crippen molar-refractivity contribution in [3.63, 3.8) is 0 Å². The van der Waals surface area contributed by atoms with Gasteiger partial charge in [-0.1, -0.05) is 38.1 Å². The minimum Gasteiger partial charge on any atom is -0.511 e. The van der Waals surface area contributed by atoms with Crippen LogP contribution in [0.15, 0.2) is 47.7 Å². The molecular weight excluding hydrogens is 330 g/mol. The van der Waals surface area contributed by atoms with Gasteiger partial charge in [0.25, 0.3) is 5.91 Å². The van der Waals surface area contributed by atoms with Crippen LogP contribution in [-0.2, 0) is 16.0 Å². The van der Waals surface area contributed by atoms with Gasteiger partial charge >= 0.3 is 0 Å². The molecule has 1 aliphatic rings. The Bertz CT molecular complexity index is 718. The van der Waals surface area contributed by atoms with E-state index in [1.807, 2.05) is 19.9 Å². The second-order valence-corrected chi connectivity index (χ2v) is 7.07. The molecule has 0 saturated carbocycles. The van der Waals surface area contributed by atoms with Crippen LogP contribution in [-0.4, -0.2) is 27.9 Å². The van der Waals surface area contributed by atoms with E-state index in [1.54, 1.807) is 24.3 Å². The maximum absolute atomic E-state index is 12.6. The Balaban J connectivity index is 2.10. The van der Waals surface area contributed by atoms with Crippen LogP contribution in [0.25, 0.3) is 0 Å². The summed E-state index contributed by atoms with van der Waals surface area (Å²) in [7, 11) is 0. The number of nitrogens with one attached hydrogen (secondary N) is 1. The first kappa shape index (κ1) is 19.8. The Morgan fingerprint density at radius 3 is 2.50 bits per heavy atom. The molecular formula is C21H27NO4. The molecule has 1 heterocycles. The predicted molar refractivity (Wildman–Crippen MR) is 101 cm³/mol. The van der Waals surface area contributed by atoms with E-state index < -0.39 is 11.9 Å². The molecule has 5 nitrogen and oxygen atoms in total. The number of amides is 1. The number of aromatic hydroxyl groups is 1. The van der Waals surface area contributed by atoms with Crippen LogP contribution >= 0.6 is 0 Å². The van der Waals surface area contributed by atoms with Gasteiger partial charge in [-0.15, -0.1) is 0 Å². The number of benzene rings is 1. The van der Waals surface area contributed by atoms with Crippen LogP contribution in [0.3, 0.4) is 0 Å². The van der Waals surface area contributed by atoms with Crippen molar-refractivity contribution in [2.24, 2.45) is 11.8 Å². The molecule has 140 valence electrons. The van der Waals surface area contributed by atoms with E-state index in [0.29, 0.717) is 18.8 Å². The molecule has 3 atom stereocenters. The predicted octanol–water partition coefficient (Wildman–Crippen LogP) is 3.44. The molecule has 1 aromatic carbocycles. The lowest BCUT2D eigenvalue weighted by Gasteiger charge is -2.16. The highest BCUT2D eigenvalue weighted by Gasteiger charge is 2.39. The number of rotatable bonds is 7. The molecule has 1 aliphatic heterocycles. The van der Waals surface area contributed by atoms with Gasteiger partial charge in [0.05, 0.1) is 6.04 Å². The summed E-state index contributed by atoms with van der Waals surface area (Å²) < 4.78 is 0. The zero-order chi connectivity index (χ0) is 19.3. The van der Waals surface area contributed by atoms with Gasteiger partial charge in [0.2, 0.25) is 0 Å². The molecule has 0 radical (unpaired) electrons. The summed E-state index contributed by atoms with van der Waals surface area (Å²) >= 11 is 0. The third-order valence-electron chi connectivity index (χ3n) is 4.72. The van der Waals surface area contributed by atoms with Crippen LogP contribution in [0.4, 0.5) is 0 Å². The fourth-order valence-electron chi connectivity index (χ4n) is 3.26. The highest BCUT2D eigenvalue weighted by Crippen LogP contribution is 2.26. The number of allylic oxidation sites excluding steroid dienone is 3. The first-order valence-electron chi connectivity index (χ1n) is 9.00. The van der Waals surface area contributed by atoms with E-state index in [-0.39, 0.29) is 28.8 Å². The van der Waals surface area contributed by atoms with Crippen molar-refractivity contribution in [2.45, 2.75) is 46.1 Å². The molecule has 3 N–H and O–H groups in total. The largest absolute Gasteiger partial charge is 0.511 e. The molecule has 1 saturated heterocycles. The molecule has 0 bridgehead atoms. The van der Waals surface area contributed by atoms with E-state index in [2.05, 4.69) is 18.3 Å². The monoisotopic (exact) mass is 357 g/mol. The van der Waals surface area contributed by atoms with Crippen molar-refractivity contribution >= 4 is 11.7 Å². The number of Topliss-reactive ketones (excluding diaryl/α,β-unsaturated/α-hetero) is 1. The lowest BCUT2D eigenvalue weighted by atomic mass is 9.90. The van der Waals surface area contributed by atoms with Crippen molar-refractivity contribution in [1.82, 2.24) is 5.32 Å². The zero-order valence-corrected chi connectivity index (χ0v) is 15.5. The smallest absolute Gasteiger partial charge is 0.259 e. The molecule has 5 heteroatoms. The number of carbonyl (C=O) groups is 2. The molecule has 2 rings (SSSR count). The van der Waals surface area contributed by atoms with E-state index in [1.165, 1.54) is 0 Å². The number of hydrogen-bond donors (Lipinski definition) is 3. The van der Waals surface area contributed by atoms with E-state index in [9.17, 15) is 19.8 Å². The van der Waals surface area contributed by atoms with E-state index >= 15 is 0 Å². The SMILES string of the molecule is C/C=C/C[C@H](C)C[C@H](C)/C(O)=C1\C(=O)N[C@@H](Cc2ccc(O)cc2)C1=O. The minimum atomic E-state index is -0.683. The number of aliphatic hydroxyl groups is 1.